The first kappa shape index (κ1) is 20.2. The lowest BCUT2D eigenvalue weighted by Crippen LogP contribution is -2.14. The third-order valence-corrected chi connectivity index (χ3v) is 5.47. The predicted octanol–water partition coefficient (Wildman–Crippen LogP) is 4.59. The SMILES string of the molecule is CC(C)c1ccc(NC(=O)CSc2nnc(CCc3nc4ccccc4[nH]3)o2)cc1. The van der Waals surface area contributed by atoms with Crippen LogP contribution in [0.15, 0.2) is 58.2 Å². The molecule has 0 saturated carbocycles. The molecule has 0 bridgehead atoms. The first-order valence-corrected chi connectivity index (χ1v) is 10.8. The van der Waals surface area contributed by atoms with Crippen LogP contribution >= 0.6 is 11.8 Å². The minimum Gasteiger partial charge on any atom is -0.416 e. The number of aromatic amines is 1. The zero-order valence-corrected chi connectivity index (χ0v) is 17.7. The molecular weight excluding hydrogens is 398 g/mol. The molecule has 2 N–H and O–H groups in total. The van der Waals surface area contributed by atoms with E-state index in [4.69, 9.17) is 4.42 Å². The Balaban J connectivity index is 1.25. The first-order valence-electron chi connectivity index (χ1n) is 9.85. The van der Waals surface area contributed by atoms with E-state index in [2.05, 4.69) is 39.3 Å². The summed E-state index contributed by atoms with van der Waals surface area (Å²) in [5.41, 5.74) is 3.98. The average Bonchev–Trinajstić information content (AvgIpc) is 3.37. The molecule has 4 rings (SSSR count). The van der Waals surface area contributed by atoms with Crippen molar-refractivity contribution in [2.45, 2.75) is 37.8 Å². The van der Waals surface area contributed by atoms with Crippen molar-refractivity contribution < 1.29 is 9.21 Å². The van der Waals surface area contributed by atoms with Crippen molar-refractivity contribution >= 4 is 34.4 Å². The van der Waals surface area contributed by atoms with Gasteiger partial charge in [-0.25, -0.2) is 4.98 Å². The maximum absolute atomic E-state index is 12.2. The number of imidazole rings is 1. The number of anilines is 1. The van der Waals surface area contributed by atoms with Gasteiger partial charge in [-0.3, -0.25) is 4.79 Å². The van der Waals surface area contributed by atoms with E-state index < -0.39 is 0 Å². The highest BCUT2D eigenvalue weighted by atomic mass is 32.2. The lowest BCUT2D eigenvalue weighted by atomic mass is 10.0. The minimum atomic E-state index is -0.112. The van der Waals surface area contributed by atoms with Crippen LogP contribution in [0, 0.1) is 0 Å². The molecule has 0 spiro atoms. The molecule has 7 nitrogen and oxygen atoms in total. The van der Waals surface area contributed by atoms with Gasteiger partial charge in [0.05, 0.1) is 16.8 Å². The number of nitrogens with zero attached hydrogens (tertiary/aromatic N) is 3. The molecule has 0 unspecified atom stereocenters. The van der Waals surface area contributed by atoms with E-state index in [1.54, 1.807) is 0 Å². The molecule has 2 aromatic carbocycles. The molecule has 0 aliphatic carbocycles. The number of aryl methyl sites for hydroxylation is 2. The smallest absolute Gasteiger partial charge is 0.277 e. The van der Waals surface area contributed by atoms with Crippen molar-refractivity contribution in [3.63, 3.8) is 0 Å². The van der Waals surface area contributed by atoms with Crippen LogP contribution in [0.1, 0.15) is 37.0 Å². The normalized spacial score (nSPS) is 11.3. The molecule has 30 heavy (non-hydrogen) atoms. The second-order valence-corrected chi connectivity index (χ2v) is 8.20. The van der Waals surface area contributed by atoms with Crippen LogP contribution in [0.4, 0.5) is 5.69 Å². The first-order chi connectivity index (χ1) is 14.6. The fourth-order valence-electron chi connectivity index (χ4n) is 3.02. The summed E-state index contributed by atoms with van der Waals surface area (Å²) in [6.07, 6.45) is 1.26. The number of benzene rings is 2. The van der Waals surface area contributed by atoms with Crippen molar-refractivity contribution in [1.82, 2.24) is 20.2 Å². The lowest BCUT2D eigenvalue weighted by molar-refractivity contribution is -0.113. The topological polar surface area (TPSA) is 96.7 Å². The summed E-state index contributed by atoms with van der Waals surface area (Å²) < 4.78 is 5.64. The van der Waals surface area contributed by atoms with Crippen molar-refractivity contribution in [2.75, 3.05) is 11.1 Å². The van der Waals surface area contributed by atoms with Gasteiger partial charge in [0.1, 0.15) is 5.82 Å². The number of para-hydroxylation sites is 2. The summed E-state index contributed by atoms with van der Waals surface area (Å²) in [4.78, 5) is 20.0. The van der Waals surface area contributed by atoms with Gasteiger partial charge in [-0.1, -0.05) is 49.9 Å². The predicted molar refractivity (Wildman–Crippen MR) is 118 cm³/mol. The third kappa shape index (κ3) is 5.07. The Hall–Kier alpha value is -3.13. The van der Waals surface area contributed by atoms with Gasteiger partial charge >= 0.3 is 0 Å². The fourth-order valence-corrected chi connectivity index (χ4v) is 3.60. The molecule has 2 heterocycles. The van der Waals surface area contributed by atoms with Crippen LogP contribution < -0.4 is 5.32 Å². The average molecular weight is 422 g/mol. The Morgan fingerprint density at radius 3 is 2.67 bits per heavy atom. The minimum absolute atomic E-state index is 0.112. The molecular formula is C22H23N5O2S. The highest BCUT2D eigenvalue weighted by Crippen LogP contribution is 2.20. The molecule has 0 aliphatic rings. The maximum atomic E-state index is 12.2. The molecule has 0 fully saturated rings. The van der Waals surface area contributed by atoms with Gasteiger partial charge in [0.2, 0.25) is 11.8 Å². The van der Waals surface area contributed by atoms with Gasteiger partial charge in [0, 0.05) is 18.5 Å². The summed E-state index contributed by atoms with van der Waals surface area (Å²) in [6.45, 7) is 4.28. The number of thioether (sulfide) groups is 1. The molecule has 4 aromatic rings. The molecule has 0 aliphatic heterocycles. The monoisotopic (exact) mass is 421 g/mol. The standard InChI is InChI=1S/C22H23N5O2S/c1-14(2)15-7-9-16(10-8-15)23-20(28)13-30-22-27-26-21(29-22)12-11-19-24-17-5-3-4-6-18(17)25-19/h3-10,14H,11-13H2,1-2H3,(H,23,28)(H,24,25). The van der Waals surface area contributed by atoms with Crippen LogP contribution in [0.5, 0.6) is 0 Å². The van der Waals surface area contributed by atoms with Gasteiger partial charge < -0.3 is 14.7 Å². The van der Waals surface area contributed by atoms with Crippen LogP contribution in [-0.2, 0) is 17.6 Å². The van der Waals surface area contributed by atoms with E-state index in [0.29, 0.717) is 29.9 Å². The third-order valence-electron chi connectivity index (χ3n) is 4.65. The Morgan fingerprint density at radius 2 is 1.90 bits per heavy atom. The highest BCUT2D eigenvalue weighted by Gasteiger charge is 2.11. The largest absolute Gasteiger partial charge is 0.416 e. The van der Waals surface area contributed by atoms with Gasteiger partial charge in [0.15, 0.2) is 0 Å². The second kappa shape index (κ2) is 9.13. The Kier molecular flexibility index (Phi) is 6.13. The summed E-state index contributed by atoms with van der Waals surface area (Å²) in [6, 6.07) is 15.8. The Morgan fingerprint density at radius 1 is 1.10 bits per heavy atom. The van der Waals surface area contributed by atoms with Crippen LogP contribution in [0.25, 0.3) is 11.0 Å². The van der Waals surface area contributed by atoms with E-state index >= 15 is 0 Å². The number of hydrogen-bond acceptors (Lipinski definition) is 6. The zero-order valence-electron chi connectivity index (χ0n) is 16.9. The molecule has 154 valence electrons. The summed E-state index contributed by atoms with van der Waals surface area (Å²) in [7, 11) is 0. The van der Waals surface area contributed by atoms with E-state index in [9.17, 15) is 4.79 Å². The number of carbonyl (C=O) groups excluding carboxylic acids is 1. The van der Waals surface area contributed by atoms with Gasteiger partial charge in [-0.2, -0.15) is 0 Å². The van der Waals surface area contributed by atoms with E-state index in [-0.39, 0.29) is 11.7 Å². The van der Waals surface area contributed by atoms with Crippen LogP contribution in [0.3, 0.4) is 0 Å². The van der Waals surface area contributed by atoms with Crippen LogP contribution in [0.2, 0.25) is 0 Å². The van der Waals surface area contributed by atoms with Crippen molar-refractivity contribution in [1.29, 1.82) is 0 Å². The lowest BCUT2D eigenvalue weighted by Gasteiger charge is -2.07. The Labute approximate surface area is 178 Å². The van der Waals surface area contributed by atoms with E-state index in [1.807, 2.05) is 48.5 Å². The molecule has 8 heteroatoms. The van der Waals surface area contributed by atoms with Gasteiger partial charge in [-0.15, -0.1) is 10.2 Å². The summed E-state index contributed by atoms with van der Waals surface area (Å²) >= 11 is 1.23. The number of carbonyl (C=O) groups is 1. The number of fused-ring (bicyclic) bond motifs is 1. The number of amides is 1. The molecule has 0 radical (unpaired) electrons. The highest BCUT2D eigenvalue weighted by molar-refractivity contribution is 7.99. The van der Waals surface area contributed by atoms with Crippen molar-refractivity contribution in [2.24, 2.45) is 0 Å². The molecule has 2 aromatic heterocycles. The summed E-state index contributed by atoms with van der Waals surface area (Å²) in [5, 5.41) is 11.4. The van der Waals surface area contributed by atoms with E-state index in [1.165, 1.54) is 17.3 Å². The quantitative estimate of drug-likeness (QED) is 0.404. The second-order valence-electron chi connectivity index (χ2n) is 7.28. The van der Waals surface area contributed by atoms with Crippen LogP contribution in [-0.4, -0.2) is 31.8 Å². The number of rotatable bonds is 8. The fraction of sp³-hybridized carbons (Fsp3) is 0.273. The van der Waals surface area contributed by atoms with Gasteiger partial charge in [-0.05, 0) is 35.7 Å². The zero-order chi connectivity index (χ0) is 20.9. The number of hydrogen-bond donors (Lipinski definition) is 2. The van der Waals surface area contributed by atoms with E-state index in [0.717, 1.165) is 22.5 Å². The Bertz CT molecular complexity index is 1100. The number of nitrogens with one attached hydrogen (secondary N) is 2. The molecule has 0 saturated heterocycles. The summed E-state index contributed by atoms with van der Waals surface area (Å²) in [5.74, 6) is 1.97. The molecule has 0 atom stereocenters. The van der Waals surface area contributed by atoms with Crippen molar-refractivity contribution in [3.05, 3.63) is 65.8 Å². The maximum Gasteiger partial charge on any atom is 0.277 e. The number of H-pyrrole nitrogens is 1. The van der Waals surface area contributed by atoms with Crippen molar-refractivity contribution in [3.8, 4) is 0 Å². The van der Waals surface area contributed by atoms with Gasteiger partial charge in [0.25, 0.3) is 5.22 Å². The number of aromatic nitrogens is 4. The molecule has 1 amide bonds.